The minimum atomic E-state index is -3.58. The Morgan fingerprint density at radius 2 is 2.05 bits per heavy atom. The van der Waals surface area contributed by atoms with Crippen LogP contribution in [0, 0.1) is 6.92 Å². The first-order valence-electron chi connectivity index (χ1n) is 6.74. The van der Waals surface area contributed by atoms with Crippen molar-refractivity contribution in [1.82, 2.24) is 10.0 Å². The van der Waals surface area contributed by atoms with Crippen molar-refractivity contribution in [2.45, 2.75) is 31.3 Å². The molecule has 2 rings (SSSR count). The van der Waals surface area contributed by atoms with Crippen molar-refractivity contribution in [3.05, 3.63) is 53.5 Å². The van der Waals surface area contributed by atoms with E-state index in [1.54, 1.807) is 31.2 Å². The van der Waals surface area contributed by atoms with E-state index in [1.165, 1.54) is 6.26 Å². The van der Waals surface area contributed by atoms with E-state index < -0.39 is 16.1 Å². The first-order valence-corrected chi connectivity index (χ1v) is 8.22. The maximum Gasteiger partial charge on any atom is 0.241 e. The summed E-state index contributed by atoms with van der Waals surface area (Å²) in [5.74, 6) is 0.584. The van der Waals surface area contributed by atoms with Gasteiger partial charge in [-0.15, -0.1) is 0 Å². The largest absolute Gasteiger partial charge is 0.468 e. The van der Waals surface area contributed by atoms with Gasteiger partial charge in [0.1, 0.15) is 5.76 Å². The first-order chi connectivity index (χ1) is 9.94. The molecule has 0 amide bonds. The van der Waals surface area contributed by atoms with Crippen LogP contribution in [0.15, 0.2) is 45.9 Å². The van der Waals surface area contributed by atoms with Crippen LogP contribution in [-0.4, -0.2) is 15.5 Å². The zero-order valence-electron chi connectivity index (χ0n) is 12.4. The molecule has 1 heterocycles. The van der Waals surface area contributed by atoms with Gasteiger partial charge < -0.3 is 9.73 Å². The van der Waals surface area contributed by atoms with Crippen molar-refractivity contribution in [2.75, 3.05) is 7.05 Å². The lowest BCUT2D eigenvalue weighted by Gasteiger charge is -2.14. The quantitative estimate of drug-likeness (QED) is 0.859. The maximum absolute atomic E-state index is 12.4. The number of rotatable bonds is 6. The summed E-state index contributed by atoms with van der Waals surface area (Å²) in [4.78, 5) is 0.261. The van der Waals surface area contributed by atoms with E-state index in [1.807, 2.05) is 20.0 Å². The van der Waals surface area contributed by atoms with Gasteiger partial charge in [-0.1, -0.05) is 6.07 Å². The molecule has 0 saturated heterocycles. The highest BCUT2D eigenvalue weighted by molar-refractivity contribution is 7.89. The monoisotopic (exact) mass is 308 g/mol. The molecular weight excluding hydrogens is 288 g/mol. The Balaban J connectivity index is 2.25. The minimum Gasteiger partial charge on any atom is -0.468 e. The maximum atomic E-state index is 12.4. The highest BCUT2D eigenvalue weighted by Gasteiger charge is 2.20. The average Bonchev–Trinajstić information content (AvgIpc) is 2.95. The number of hydrogen-bond acceptors (Lipinski definition) is 4. The predicted octanol–water partition coefficient (Wildman–Crippen LogP) is 2.35. The Labute approximate surface area is 125 Å². The summed E-state index contributed by atoms with van der Waals surface area (Å²) >= 11 is 0. The van der Waals surface area contributed by atoms with Crippen LogP contribution < -0.4 is 10.0 Å². The molecule has 1 atom stereocenters. The second-order valence-corrected chi connectivity index (χ2v) is 6.69. The summed E-state index contributed by atoms with van der Waals surface area (Å²) in [5.41, 5.74) is 2.02. The summed E-state index contributed by atoms with van der Waals surface area (Å²) < 4.78 is 32.7. The number of benzene rings is 1. The van der Waals surface area contributed by atoms with Crippen molar-refractivity contribution in [2.24, 2.45) is 0 Å². The molecule has 1 aromatic carbocycles. The molecule has 6 heteroatoms. The van der Waals surface area contributed by atoms with Gasteiger partial charge in [0.05, 0.1) is 17.2 Å². The van der Waals surface area contributed by atoms with Gasteiger partial charge in [0.25, 0.3) is 0 Å². The Morgan fingerprint density at radius 3 is 2.67 bits per heavy atom. The van der Waals surface area contributed by atoms with Gasteiger partial charge in [0, 0.05) is 6.54 Å². The number of nitrogens with one attached hydrogen (secondary N) is 2. The van der Waals surface area contributed by atoms with Crippen molar-refractivity contribution in [3.63, 3.8) is 0 Å². The van der Waals surface area contributed by atoms with Crippen molar-refractivity contribution in [3.8, 4) is 0 Å². The molecule has 21 heavy (non-hydrogen) atoms. The molecular formula is C15H20N2O3S. The van der Waals surface area contributed by atoms with E-state index in [4.69, 9.17) is 4.42 Å². The van der Waals surface area contributed by atoms with Crippen LogP contribution in [0.1, 0.15) is 29.9 Å². The van der Waals surface area contributed by atoms with Gasteiger partial charge in [-0.05, 0) is 56.3 Å². The fourth-order valence-corrected chi connectivity index (χ4v) is 3.35. The van der Waals surface area contributed by atoms with E-state index in [0.717, 1.165) is 11.1 Å². The third-order valence-corrected chi connectivity index (χ3v) is 4.84. The Morgan fingerprint density at radius 1 is 1.29 bits per heavy atom. The summed E-state index contributed by atoms with van der Waals surface area (Å²) in [5, 5.41) is 3.04. The second-order valence-electron chi connectivity index (χ2n) is 4.98. The molecule has 1 unspecified atom stereocenters. The highest BCUT2D eigenvalue weighted by Crippen LogP contribution is 2.19. The minimum absolute atomic E-state index is 0.261. The van der Waals surface area contributed by atoms with E-state index in [2.05, 4.69) is 10.0 Å². The molecule has 0 saturated carbocycles. The number of aryl methyl sites for hydroxylation is 1. The molecule has 1 aromatic heterocycles. The molecule has 0 fully saturated rings. The lowest BCUT2D eigenvalue weighted by molar-refractivity contribution is 0.459. The van der Waals surface area contributed by atoms with Gasteiger partial charge >= 0.3 is 0 Å². The SMILES string of the molecule is CNCc1cc(S(=O)(=O)NC(C)c2ccco2)ccc1C. The summed E-state index contributed by atoms with van der Waals surface area (Å²) in [6.07, 6.45) is 1.52. The van der Waals surface area contributed by atoms with Gasteiger partial charge in [-0.25, -0.2) is 13.1 Å². The molecule has 0 bridgehead atoms. The average molecular weight is 308 g/mol. The van der Waals surface area contributed by atoms with E-state index in [-0.39, 0.29) is 4.90 Å². The smallest absolute Gasteiger partial charge is 0.241 e. The van der Waals surface area contributed by atoms with Gasteiger partial charge in [-0.3, -0.25) is 0 Å². The number of furan rings is 1. The second kappa shape index (κ2) is 6.43. The van der Waals surface area contributed by atoms with Crippen LogP contribution in [0.5, 0.6) is 0 Å². The third kappa shape index (κ3) is 3.72. The topological polar surface area (TPSA) is 71.3 Å². The predicted molar refractivity (Wildman–Crippen MR) is 81.4 cm³/mol. The van der Waals surface area contributed by atoms with E-state index >= 15 is 0 Å². The van der Waals surface area contributed by atoms with E-state index in [9.17, 15) is 8.42 Å². The summed E-state index contributed by atoms with van der Waals surface area (Å²) in [6, 6.07) is 8.19. The van der Waals surface area contributed by atoms with Gasteiger partial charge in [0.15, 0.2) is 0 Å². The molecule has 114 valence electrons. The van der Waals surface area contributed by atoms with Gasteiger partial charge in [0.2, 0.25) is 10.0 Å². The zero-order chi connectivity index (χ0) is 15.5. The van der Waals surface area contributed by atoms with Crippen LogP contribution in [-0.2, 0) is 16.6 Å². The lowest BCUT2D eigenvalue weighted by atomic mass is 10.1. The molecule has 0 aliphatic rings. The Kier molecular flexibility index (Phi) is 4.82. The van der Waals surface area contributed by atoms with Gasteiger partial charge in [-0.2, -0.15) is 0 Å². The van der Waals surface area contributed by atoms with Crippen LogP contribution in [0.3, 0.4) is 0 Å². The molecule has 2 aromatic rings. The van der Waals surface area contributed by atoms with Crippen molar-refractivity contribution >= 4 is 10.0 Å². The number of hydrogen-bond donors (Lipinski definition) is 2. The Hall–Kier alpha value is -1.63. The highest BCUT2D eigenvalue weighted by atomic mass is 32.2. The normalized spacial score (nSPS) is 13.3. The van der Waals surface area contributed by atoms with Crippen molar-refractivity contribution in [1.29, 1.82) is 0 Å². The standard InChI is InChI=1S/C15H20N2O3S/c1-11-6-7-14(9-13(11)10-16-3)21(18,19)17-12(2)15-5-4-8-20-15/h4-9,12,16-17H,10H2,1-3H3. The fraction of sp³-hybridized carbons (Fsp3) is 0.333. The molecule has 0 aliphatic heterocycles. The molecule has 0 spiro atoms. The molecule has 0 radical (unpaired) electrons. The summed E-state index contributed by atoms with van der Waals surface area (Å²) in [7, 11) is -1.75. The molecule has 2 N–H and O–H groups in total. The van der Waals surface area contributed by atoms with Crippen LogP contribution in [0.4, 0.5) is 0 Å². The zero-order valence-corrected chi connectivity index (χ0v) is 13.2. The lowest BCUT2D eigenvalue weighted by Crippen LogP contribution is -2.27. The summed E-state index contributed by atoms with van der Waals surface area (Å²) in [6.45, 7) is 4.34. The number of sulfonamides is 1. The first kappa shape index (κ1) is 15.8. The Bertz CT molecular complexity index is 694. The van der Waals surface area contributed by atoms with Crippen LogP contribution in [0.2, 0.25) is 0 Å². The molecule has 0 aliphatic carbocycles. The molecule has 5 nitrogen and oxygen atoms in total. The fourth-order valence-electron chi connectivity index (χ4n) is 2.09. The van der Waals surface area contributed by atoms with Crippen LogP contribution >= 0.6 is 0 Å². The third-order valence-electron chi connectivity index (χ3n) is 3.30. The van der Waals surface area contributed by atoms with Crippen LogP contribution in [0.25, 0.3) is 0 Å². The van der Waals surface area contributed by atoms with Crippen molar-refractivity contribution < 1.29 is 12.8 Å². The van der Waals surface area contributed by atoms with E-state index in [0.29, 0.717) is 12.3 Å².